The second-order valence-corrected chi connectivity index (χ2v) is 7.06. The zero-order valence-corrected chi connectivity index (χ0v) is 15.4. The molecule has 3 rings (SSSR count). The van der Waals surface area contributed by atoms with Gasteiger partial charge in [0.2, 0.25) is 5.91 Å². The molecule has 1 aliphatic rings. The number of carbonyl (C=O) groups excluding carboxylic acids is 1. The van der Waals surface area contributed by atoms with Gasteiger partial charge in [-0.25, -0.2) is 0 Å². The number of nitrogens with zero attached hydrogens (tertiary/aromatic N) is 1. The molecular weight excluding hydrogens is 350 g/mol. The van der Waals surface area contributed by atoms with Crippen molar-refractivity contribution in [1.29, 1.82) is 0 Å². The van der Waals surface area contributed by atoms with Gasteiger partial charge in [0, 0.05) is 18.1 Å². The number of halogens is 1. The summed E-state index contributed by atoms with van der Waals surface area (Å²) in [5.41, 5.74) is 0.952. The fourth-order valence-electron chi connectivity index (χ4n) is 3.33. The third kappa shape index (κ3) is 4.99. The normalized spacial score (nSPS) is 16.3. The standard InChI is InChI=1S/C21H24ClNO3/c22-18-6-8-19(9-7-18)26-15-12-20(24)23-13-10-17(11-14-23)21(25)16-4-2-1-3-5-16/h1-9,17,21,25H,10-15H2. The molecule has 2 aromatic carbocycles. The summed E-state index contributed by atoms with van der Waals surface area (Å²) in [6, 6.07) is 16.9. The Morgan fingerprint density at radius 2 is 1.77 bits per heavy atom. The van der Waals surface area contributed by atoms with Crippen LogP contribution in [0, 0.1) is 5.92 Å². The van der Waals surface area contributed by atoms with Gasteiger partial charge in [-0.3, -0.25) is 4.79 Å². The van der Waals surface area contributed by atoms with Crippen LogP contribution in [0.2, 0.25) is 5.02 Å². The highest BCUT2D eigenvalue weighted by atomic mass is 35.5. The van der Waals surface area contributed by atoms with Gasteiger partial charge in [-0.1, -0.05) is 41.9 Å². The van der Waals surface area contributed by atoms with E-state index in [4.69, 9.17) is 16.3 Å². The van der Waals surface area contributed by atoms with Crippen molar-refractivity contribution in [3.05, 3.63) is 65.2 Å². The summed E-state index contributed by atoms with van der Waals surface area (Å²) in [6.45, 7) is 1.73. The lowest BCUT2D eigenvalue weighted by Crippen LogP contribution is -2.40. The fourth-order valence-corrected chi connectivity index (χ4v) is 3.46. The van der Waals surface area contributed by atoms with Crippen molar-refractivity contribution in [2.45, 2.75) is 25.4 Å². The van der Waals surface area contributed by atoms with Crippen LogP contribution in [0.1, 0.15) is 30.9 Å². The third-order valence-electron chi connectivity index (χ3n) is 4.88. The van der Waals surface area contributed by atoms with E-state index in [9.17, 15) is 9.90 Å². The van der Waals surface area contributed by atoms with Crippen LogP contribution in [0.25, 0.3) is 0 Å². The third-order valence-corrected chi connectivity index (χ3v) is 5.13. The van der Waals surface area contributed by atoms with Crippen LogP contribution in [0.15, 0.2) is 54.6 Å². The highest BCUT2D eigenvalue weighted by Crippen LogP contribution is 2.30. The summed E-state index contributed by atoms with van der Waals surface area (Å²) < 4.78 is 5.59. The van der Waals surface area contributed by atoms with Crippen molar-refractivity contribution in [3.8, 4) is 5.75 Å². The highest BCUT2D eigenvalue weighted by molar-refractivity contribution is 6.30. The number of hydrogen-bond acceptors (Lipinski definition) is 3. The van der Waals surface area contributed by atoms with Crippen molar-refractivity contribution < 1.29 is 14.6 Å². The molecular formula is C21H24ClNO3. The van der Waals surface area contributed by atoms with E-state index < -0.39 is 6.10 Å². The van der Waals surface area contributed by atoms with Crippen molar-refractivity contribution >= 4 is 17.5 Å². The van der Waals surface area contributed by atoms with Gasteiger partial charge in [0.25, 0.3) is 0 Å². The van der Waals surface area contributed by atoms with E-state index in [2.05, 4.69) is 0 Å². The number of benzene rings is 2. The Bertz CT molecular complexity index is 697. The van der Waals surface area contributed by atoms with Crippen molar-refractivity contribution in [2.24, 2.45) is 5.92 Å². The molecule has 0 radical (unpaired) electrons. The Hall–Kier alpha value is -2.04. The minimum atomic E-state index is -0.457. The molecule has 0 saturated carbocycles. The minimum absolute atomic E-state index is 0.103. The van der Waals surface area contributed by atoms with Crippen LogP contribution in [-0.2, 0) is 4.79 Å². The summed E-state index contributed by atoms with van der Waals surface area (Å²) in [5.74, 6) is 1.02. The van der Waals surface area contributed by atoms with Gasteiger partial charge in [0.05, 0.1) is 19.1 Å². The summed E-state index contributed by atoms with van der Waals surface area (Å²) in [7, 11) is 0. The monoisotopic (exact) mass is 373 g/mol. The van der Waals surface area contributed by atoms with E-state index >= 15 is 0 Å². The van der Waals surface area contributed by atoms with Crippen LogP contribution in [0.3, 0.4) is 0 Å². The van der Waals surface area contributed by atoms with Crippen LogP contribution < -0.4 is 4.74 Å². The maximum absolute atomic E-state index is 12.4. The summed E-state index contributed by atoms with van der Waals surface area (Å²) in [6.07, 6.45) is 1.54. The smallest absolute Gasteiger partial charge is 0.225 e. The first-order chi connectivity index (χ1) is 12.6. The number of likely N-dealkylation sites (tertiary alicyclic amines) is 1. The molecule has 1 saturated heterocycles. The molecule has 4 nitrogen and oxygen atoms in total. The van der Waals surface area contributed by atoms with Crippen LogP contribution in [0.5, 0.6) is 5.75 Å². The Morgan fingerprint density at radius 3 is 2.42 bits per heavy atom. The zero-order valence-electron chi connectivity index (χ0n) is 14.7. The van der Waals surface area contributed by atoms with E-state index in [-0.39, 0.29) is 11.8 Å². The molecule has 26 heavy (non-hydrogen) atoms. The molecule has 1 heterocycles. The van der Waals surface area contributed by atoms with Gasteiger partial charge in [0.1, 0.15) is 5.75 Å². The van der Waals surface area contributed by atoms with E-state index in [1.807, 2.05) is 35.2 Å². The summed E-state index contributed by atoms with van der Waals surface area (Å²) in [4.78, 5) is 14.2. The summed E-state index contributed by atoms with van der Waals surface area (Å²) in [5, 5.41) is 11.2. The largest absolute Gasteiger partial charge is 0.493 e. The molecule has 5 heteroatoms. The van der Waals surface area contributed by atoms with Gasteiger partial charge in [-0.15, -0.1) is 0 Å². The van der Waals surface area contributed by atoms with E-state index in [1.54, 1.807) is 24.3 Å². The number of aliphatic hydroxyl groups is 1. The van der Waals surface area contributed by atoms with Gasteiger partial charge < -0.3 is 14.7 Å². The molecule has 1 atom stereocenters. The maximum Gasteiger partial charge on any atom is 0.225 e. The number of piperidine rings is 1. The average Bonchev–Trinajstić information content (AvgIpc) is 2.69. The Labute approximate surface area is 159 Å². The molecule has 0 spiro atoms. The first-order valence-corrected chi connectivity index (χ1v) is 9.40. The molecule has 1 N–H and O–H groups in total. The Balaban J connectivity index is 1.41. The molecule has 1 aliphatic heterocycles. The summed E-state index contributed by atoms with van der Waals surface area (Å²) >= 11 is 5.84. The molecule has 0 bridgehead atoms. The van der Waals surface area contributed by atoms with Crippen molar-refractivity contribution in [3.63, 3.8) is 0 Å². The predicted molar refractivity (Wildman–Crippen MR) is 102 cm³/mol. The second-order valence-electron chi connectivity index (χ2n) is 6.63. The second kappa shape index (κ2) is 9.06. The Kier molecular flexibility index (Phi) is 6.53. The number of amides is 1. The first kappa shape index (κ1) is 18.7. The van der Waals surface area contributed by atoms with Gasteiger partial charge in [0.15, 0.2) is 0 Å². The lowest BCUT2D eigenvalue weighted by atomic mass is 9.87. The SMILES string of the molecule is O=C(CCOc1ccc(Cl)cc1)N1CCC(C(O)c2ccccc2)CC1. The van der Waals surface area contributed by atoms with Gasteiger partial charge in [-0.05, 0) is 48.6 Å². The van der Waals surface area contributed by atoms with Crippen molar-refractivity contribution in [1.82, 2.24) is 4.90 Å². The highest BCUT2D eigenvalue weighted by Gasteiger charge is 2.28. The quantitative estimate of drug-likeness (QED) is 0.830. The molecule has 1 amide bonds. The molecule has 0 aliphatic carbocycles. The van der Waals surface area contributed by atoms with Crippen LogP contribution in [0.4, 0.5) is 0 Å². The molecule has 138 valence electrons. The number of carbonyl (C=O) groups is 1. The number of aliphatic hydroxyl groups excluding tert-OH is 1. The molecule has 2 aromatic rings. The van der Waals surface area contributed by atoms with E-state index in [0.717, 1.165) is 18.4 Å². The average molecular weight is 374 g/mol. The van der Waals surface area contributed by atoms with Crippen LogP contribution >= 0.6 is 11.6 Å². The van der Waals surface area contributed by atoms with Crippen molar-refractivity contribution in [2.75, 3.05) is 19.7 Å². The van der Waals surface area contributed by atoms with E-state index in [1.165, 1.54) is 0 Å². The molecule has 0 aromatic heterocycles. The van der Waals surface area contributed by atoms with Gasteiger partial charge >= 0.3 is 0 Å². The predicted octanol–water partition coefficient (Wildman–Crippen LogP) is 4.08. The zero-order chi connectivity index (χ0) is 18.4. The van der Waals surface area contributed by atoms with E-state index in [0.29, 0.717) is 36.9 Å². The van der Waals surface area contributed by atoms with Crippen LogP contribution in [-0.4, -0.2) is 35.6 Å². The lowest BCUT2D eigenvalue weighted by molar-refractivity contribution is -0.133. The lowest BCUT2D eigenvalue weighted by Gasteiger charge is -2.34. The maximum atomic E-state index is 12.4. The minimum Gasteiger partial charge on any atom is -0.493 e. The first-order valence-electron chi connectivity index (χ1n) is 9.02. The number of ether oxygens (including phenoxy) is 1. The van der Waals surface area contributed by atoms with Gasteiger partial charge in [-0.2, -0.15) is 0 Å². The number of hydrogen-bond donors (Lipinski definition) is 1. The molecule has 1 fully saturated rings. The topological polar surface area (TPSA) is 49.8 Å². The fraction of sp³-hybridized carbons (Fsp3) is 0.381. The Morgan fingerprint density at radius 1 is 1.12 bits per heavy atom. The molecule has 1 unspecified atom stereocenters. The number of rotatable bonds is 6.